The number of nitrogens with zero attached hydrogens (tertiary/aromatic N) is 5. The summed E-state index contributed by atoms with van der Waals surface area (Å²) in [6.45, 7) is 4.87. The van der Waals surface area contributed by atoms with Crippen LogP contribution in [0.2, 0.25) is 0 Å². The smallest absolute Gasteiger partial charge is 0.160 e. The van der Waals surface area contributed by atoms with E-state index in [1.54, 1.807) is 28.9 Å². The van der Waals surface area contributed by atoms with Crippen LogP contribution in [0.25, 0.3) is 5.52 Å². The molecule has 1 aromatic carbocycles. The van der Waals surface area contributed by atoms with Crippen LogP contribution in [-0.4, -0.2) is 38.0 Å². The fraction of sp³-hybridized carbons (Fsp3) is 0.286. The van der Waals surface area contributed by atoms with E-state index in [4.69, 9.17) is 16.5 Å². The van der Waals surface area contributed by atoms with E-state index in [1.807, 2.05) is 17.0 Å². The maximum absolute atomic E-state index is 14.2. The lowest BCUT2D eigenvalue weighted by atomic mass is 10.1. The average molecular weight is 392 g/mol. The Morgan fingerprint density at radius 3 is 2.76 bits per heavy atom. The predicted octanol–water partition coefficient (Wildman–Crippen LogP) is 2.07. The second-order valence-corrected chi connectivity index (χ2v) is 7.42. The van der Waals surface area contributed by atoms with Crippen LogP contribution in [-0.2, 0) is 6.42 Å². The van der Waals surface area contributed by atoms with Gasteiger partial charge in [0, 0.05) is 25.2 Å². The summed E-state index contributed by atoms with van der Waals surface area (Å²) >= 11 is 0. The number of rotatable bonds is 5. The van der Waals surface area contributed by atoms with E-state index in [2.05, 4.69) is 30.0 Å². The number of aliphatic imine (C=N–C) groups is 1. The molecule has 1 radical (unpaired) electrons. The largest absolute Gasteiger partial charge is 0.383 e. The van der Waals surface area contributed by atoms with Gasteiger partial charge in [-0.2, -0.15) is 5.10 Å². The Labute approximate surface area is 168 Å². The molecule has 149 valence electrons. The summed E-state index contributed by atoms with van der Waals surface area (Å²) in [5.41, 5.74) is 14.1. The van der Waals surface area contributed by atoms with Crippen molar-refractivity contribution in [2.24, 2.45) is 22.4 Å². The minimum Gasteiger partial charge on any atom is -0.383 e. The van der Waals surface area contributed by atoms with Gasteiger partial charge in [-0.3, -0.25) is 0 Å². The summed E-state index contributed by atoms with van der Waals surface area (Å²) in [6, 6.07) is 10.4. The molecule has 2 aromatic heterocycles. The Kier molecular flexibility index (Phi) is 5.02. The molecule has 7 nitrogen and oxygen atoms in total. The van der Waals surface area contributed by atoms with Crippen LogP contribution in [0.5, 0.6) is 0 Å². The molecule has 0 aliphatic carbocycles. The third-order valence-electron chi connectivity index (χ3n) is 4.69. The Hall–Kier alpha value is -3.26. The Morgan fingerprint density at radius 1 is 1.21 bits per heavy atom. The molecule has 4 rings (SSSR count). The number of benzene rings is 1. The van der Waals surface area contributed by atoms with Gasteiger partial charge in [0.05, 0.1) is 5.52 Å². The third-order valence-corrected chi connectivity index (χ3v) is 4.69. The predicted molar refractivity (Wildman–Crippen MR) is 109 cm³/mol. The van der Waals surface area contributed by atoms with Crippen molar-refractivity contribution in [1.29, 1.82) is 0 Å². The second-order valence-electron chi connectivity index (χ2n) is 7.42. The first-order chi connectivity index (χ1) is 13.9. The monoisotopic (exact) mass is 392 g/mol. The molecule has 3 aromatic rings. The van der Waals surface area contributed by atoms with E-state index in [-0.39, 0.29) is 11.6 Å². The topological polar surface area (TPSA) is 97.8 Å². The third kappa shape index (κ3) is 3.71. The first kappa shape index (κ1) is 19.1. The van der Waals surface area contributed by atoms with Crippen molar-refractivity contribution < 1.29 is 4.39 Å². The van der Waals surface area contributed by atoms with Gasteiger partial charge in [0.25, 0.3) is 0 Å². The minimum atomic E-state index is -0.520. The van der Waals surface area contributed by atoms with Gasteiger partial charge in [0.15, 0.2) is 5.84 Å². The van der Waals surface area contributed by atoms with Crippen LogP contribution in [0, 0.1) is 17.8 Å². The molecule has 0 bridgehead atoms. The zero-order chi connectivity index (χ0) is 20.5. The quantitative estimate of drug-likeness (QED) is 0.693. The zero-order valence-electron chi connectivity index (χ0n) is 16.4. The van der Waals surface area contributed by atoms with Gasteiger partial charge >= 0.3 is 0 Å². The Morgan fingerprint density at radius 2 is 2.00 bits per heavy atom. The lowest BCUT2D eigenvalue weighted by Gasteiger charge is -2.33. The van der Waals surface area contributed by atoms with Gasteiger partial charge in [-0.15, -0.1) is 0 Å². The summed E-state index contributed by atoms with van der Waals surface area (Å²) in [4.78, 5) is 11.2. The van der Waals surface area contributed by atoms with E-state index in [0.717, 1.165) is 5.52 Å². The van der Waals surface area contributed by atoms with Crippen LogP contribution in [0.4, 0.5) is 4.39 Å². The number of halogens is 1. The lowest BCUT2D eigenvalue weighted by molar-refractivity contribution is 0.311. The number of fused-ring (bicyclic) bond motifs is 1. The molecule has 29 heavy (non-hydrogen) atoms. The number of amidine groups is 1. The van der Waals surface area contributed by atoms with E-state index >= 15 is 0 Å². The molecule has 0 saturated heterocycles. The Bertz CT molecular complexity index is 1100. The molecule has 0 fully saturated rings. The molecule has 1 aliphatic rings. The van der Waals surface area contributed by atoms with E-state index in [9.17, 15) is 4.39 Å². The molecule has 1 unspecified atom stereocenters. The molecule has 0 saturated carbocycles. The van der Waals surface area contributed by atoms with Crippen molar-refractivity contribution in [2.75, 3.05) is 6.54 Å². The van der Waals surface area contributed by atoms with Gasteiger partial charge in [-0.25, -0.2) is 18.9 Å². The molecule has 4 N–H and O–H groups in total. The summed E-state index contributed by atoms with van der Waals surface area (Å²) in [7, 11) is 0. The number of hydrogen-bond donors (Lipinski definition) is 2. The summed E-state index contributed by atoms with van der Waals surface area (Å²) < 4.78 is 15.9. The summed E-state index contributed by atoms with van der Waals surface area (Å²) in [5.74, 6) is 1.48. The highest BCUT2D eigenvalue weighted by atomic mass is 19.1. The zero-order valence-corrected chi connectivity index (χ0v) is 16.4. The number of aromatic nitrogens is 3. The van der Waals surface area contributed by atoms with Gasteiger partial charge in [-0.05, 0) is 29.7 Å². The van der Waals surface area contributed by atoms with Crippen LogP contribution >= 0.6 is 0 Å². The van der Waals surface area contributed by atoms with Crippen LogP contribution in [0.15, 0.2) is 53.4 Å². The van der Waals surface area contributed by atoms with Gasteiger partial charge in [0.2, 0.25) is 0 Å². The van der Waals surface area contributed by atoms with Crippen LogP contribution < -0.4 is 11.5 Å². The Balaban J connectivity index is 1.83. The standard InChI is InChI=1S/C21H23FN7/c1-13(2)12-28-18(24)11-17(23)26-21(28)20-16-8-5-9-25-29(16)19(27-20)10-14-6-3-4-7-15(14)22/h3-9,13,18H,10,12,23-24H2,1-2H3. The maximum atomic E-state index is 14.2. The van der Waals surface area contributed by atoms with Crippen molar-refractivity contribution in [2.45, 2.75) is 26.4 Å². The molecular formula is C21H23FN7. The first-order valence-electron chi connectivity index (χ1n) is 9.50. The van der Waals surface area contributed by atoms with Gasteiger partial charge in [-0.1, -0.05) is 32.0 Å². The normalized spacial score (nSPS) is 17.0. The molecule has 8 heteroatoms. The van der Waals surface area contributed by atoms with E-state index < -0.39 is 6.17 Å². The summed E-state index contributed by atoms with van der Waals surface area (Å²) in [5, 5.41) is 4.42. The highest BCUT2D eigenvalue weighted by Crippen LogP contribution is 2.22. The average Bonchev–Trinajstić information content (AvgIpc) is 3.04. The van der Waals surface area contributed by atoms with Crippen molar-refractivity contribution >= 4 is 11.4 Å². The highest BCUT2D eigenvalue weighted by molar-refractivity contribution is 6.04. The summed E-state index contributed by atoms with van der Waals surface area (Å²) in [6.07, 6.45) is 4.40. The van der Waals surface area contributed by atoms with Crippen LogP contribution in [0.3, 0.4) is 0 Å². The van der Waals surface area contributed by atoms with E-state index in [0.29, 0.717) is 41.8 Å². The molecule has 3 heterocycles. The fourth-order valence-electron chi connectivity index (χ4n) is 3.44. The lowest BCUT2D eigenvalue weighted by Crippen LogP contribution is -2.49. The SMILES string of the molecule is CC(C)CN1C(c2nc(Cc3ccccc3F)n3ncccc23)=NC(N)=[C]C1N. The molecule has 0 spiro atoms. The minimum absolute atomic E-state index is 0.230. The van der Waals surface area contributed by atoms with Crippen molar-refractivity contribution in [3.63, 3.8) is 0 Å². The molecule has 1 aliphatic heterocycles. The maximum Gasteiger partial charge on any atom is 0.160 e. The van der Waals surface area contributed by atoms with Gasteiger partial charge < -0.3 is 16.4 Å². The van der Waals surface area contributed by atoms with Crippen molar-refractivity contribution in [3.05, 3.63) is 77.4 Å². The first-order valence-corrected chi connectivity index (χ1v) is 9.50. The van der Waals surface area contributed by atoms with Crippen LogP contribution in [0.1, 0.15) is 30.9 Å². The number of imidazole rings is 1. The number of hydrogen-bond acceptors (Lipinski definition) is 6. The van der Waals surface area contributed by atoms with Crippen molar-refractivity contribution in [1.82, 2.24) is 19.5 Å². The van der Waals surface area contributed by atoms with Gasteiger partial charge in [0.1, 0.15) is 29.3 Å². The highest BCUT2D eigenvalue weighted by Gasteiger charge is 2.28. The molecule has 1 atom stereocenters. The fourth-order valence-corrected chi connectivity index (χ4v) is 3.44. The number of nitrogens with two attached hydrogens (primary N) is 2. The van der Waals surface area contributed by atoms with Crippen molar-refractivity contribution in [3.8, 4) is 0 Å². The van der Waals surface area contributed by atoms with E-state index in [1.165, 1.54) is 6.07 Å². The molecular weight excluding hydrogens is 369 g/mol. The second kappa shape index (κ2) is 7.63. The molecule has 0 amide bonds.